The fraction of sp³-hybridized carbons (Fsp3) is 0.375. The highest BCUT2D eigenvalue weighted by Crippen LogP contribution is 2.47. The van der Waals surface area contributed by atoms with Gasteiger partial charge in [-0.05, 0) is 64.4 Å². The zero-order chi connectivity index (χ0) is 22.4. The van der Waals surface area contributed by atoms with E-state index in [1.165, 1.54) is 6.07 Å². The lowest BCUT2D eigenvalue weighted by Crippen LogP contribution is -2.26. The second kappa shape index (κ2) is 7.59. The Morgan fingerprint density at radius 2 is 1.60 bits per heavy atom. The van der Waals surface area contributed by atoms with Crippen LogP contribution < -0.4 is 9.80 Å². The summed E-state index contributed by atoms with van der Waals surface area (Å²) < 4.78 is 0. The molecule has 3 rings (SSSR count). The average Bonchev–Trinajstić information content (AvgIpc) is 2.90. The molecule has 1 aliphatic carbocycles. The molecule has 0 unspecified atom stereocenters. The predicted molar refractivity (Wildman–Crippen MR) is 119 cm³/mol. The molecular formula is C24H28N2O4. The normalized spacial score (nSPS) is 14.6. The van der Waals surface area contributed by atoms with Crippen molar-refractivity contribution in [3.8, 4) is 5.75 Å². The highest BCUT2D eigenvalue weighted by atomic mass is 16.3. The molecule has 0 heterocycles. The third-order valence-corrected chi connectivity index (χ3v) is 6.06. The molecule has 0 bridgehead atoms. The number of rotatable bonds is 6. The van der Waals surface area contributed by atoms with Crippen molar-refractivity contribution in [3.63, 3.8) is 0 Å². The van der Waals surface area contributed by atoms with Gasteiger partial charge in [0.15, 0.2) is 17.9 Å². The molecule has 0 saturated carbocycles. The molecule has 6 nitrogen and oxygen atoms in total. The van der Waals surface area contributed by atoms with Gasteiger partial charge in [0.1, 0.15) is 5.75 Å². The van der Waals surface area contributed by atoms with Crippen molar-refractivity contribution in [2.45, 2.75) is 34.6 Å². The number of phenolic OH excluding ortho intramolecular Hbond substituents is 1. The summed E-state index contributed by atoms with van der Waals surface area (Å²) in [5, 5.41) is 10.5. The van der Waals surface area contributed by atoms with Gasteiger partial charge in [0.2, 0.25) is 0 Å². The molecule has 0 radical (unpaired) electrons. The summed E-state index contributed by atoms with van der Waals surface area (Å²) >= 11 is 0. The molecule has 2 aromatic carbocycles. The number of ketones is 2. The van der Waals surface area contributed by atoms with Crippen molar-refractivity contribution in [2.24, 2.45) is 5.41 Å². The van der Waals surface area contributed by atoms with Gasteiger partial charge in [0.05, 0.1) is 27.8 Å². The first-order valence-corrected chi connectivity index (χ1v) is 10.1. The number of carbonyl (C=O) groups is 3. The van der Waals surface area contributed by atoms with E-state index in [2.05, 4.69) is 24.8 Å². The minimum absolute atomic E-state index is 0.00753. The quantitative estimate of drug-likeness (QED) is 0.559. The highest BCUT2D eigenvalue weighted by Gasteiger charge is 2.49. The van der Waals surface area contributed by atoms with Gasteiger partial charge in [-0.3, -0.25) is 14.4 Å². The minimum Gasteiger partial charge on any atom is -0.506 e. The molecule has 0 aliphatic heterocycles. The molecule has 158 valence electrons. The van der Waals surface area contributed by atoms with Crippen molar-refractivity contribution < 1.29 is 19.5 Å². The van der Waals surface area contributed by atoms with E-state index in [1.54, 1.807) is 25.8 Å². The first kappa shape index (κ1) is 21.6. The molecule has 0 aromatic heterocycles. The van der Waals surface area contributed by atoms with Crippen LogP contribution >= 0.6 is 0 Å². The van der Waals surface area contributed by atoms with E-state index in [-0.39, 0.29) is 22.5 Å². The Morgan fingerprint density at radius 1 is 1.00 bits per heavy atom. The van der Waals surface area contributed by atoms with Crippen molar-refractivity contribution in [1.29, 1.82) is 0 Å². The van der Waals surface area contributed by atoms with Crippen LogP contribution in [0.4, 0.5) is 17.1 Å². The van der Waals surface area contributed by atoms with Crippen LogP contribution in [0.25, 0.3) is 0 Å². The van der Waals surface area contributed by atoms with E-state index < -0.39 is 16.9 Å². The van der Waals surface area contributed by atoms with Gasteiger partial charge in [0, 0.05) is 31.5 Å². The number of nitrogens with zero attached hydrogens (tertiary/aromatic N) is 2. The van der Waals surface area contributed by atoms with Crippen molar-refractivity contribution in [3.05, 3.63) is 46.5 Å². The van der Waals surface area contributed by atoms with Crippen LogP contribution in [-0.4, -0.2) is 43.1 Å². The Hall–Kier alpha value is -3.15. The van der Waals surface area contributed by atoms with Crippen LogP contribution in [0.2, 0.25) is 0 Å². The second-order valence-corrected chi connectivity index (χ2v) is 8.19. The van der Waals surface area contributed by atoms with Crippen LogP contribution in [0.5, 0.6) is 5.75 Å². The molecule has 6 heteroatoms. The fourth-order valence-electron chi connectivity index (χ4n) is 4.14. The lowest BCUT2D eigenvalue weighted by Gasteiger charge is -2.27. The summed E-state index contributed by atoms with van der Waals surface area (Å²) in [5.41, 5.74) is 2.20. The zero-order valence-corrected chi connectivity index (χ0v) is 18.4. The van der Waals surface area contributed by atoms with Gasteiger partial charge in [-0.1, -0.05) is 0 Å². The second-order valence-electron chi connectivity index (χ2n) is 8.19. The topological polar surface area (TPSA) is 77.9 Å². The standard InChI is InChI=1S/C24H28N2O4/c1-7-26(8-2)16-9-10-17(14(3)11-16)25(6)18-12-15(13-27)21(28)20-19(18)22(29)24(4,5)23(20)30/h9-13,28H,7-8H2,1-6H3. The van der Waals surface area contributed by atoms with Crippen LogP contribution in [0, 0.1) is 12.3 Å². The molecule has 0 saturated heterocycles. The van der Waals surface area contributed by atoms with E-state index in [1.807, 2.05) is 19.1 Å². The van der Waals surface area contributed by atoms with Crippen molar-refractivity contribution in [2.75, 3.05) is 29.9 Å². The Bertz CT molecular complexity index is 1050. The van der Waals surface area contributed by atoms with Crippen molar-refractivity contribution >= 4 is 34.9 Å². The lowest BCUT2D eigenvalue weighted by atomic mass is 9.87. The van der Waals surface area contributed by atoms with Gasteiger partial charge in [-0.2, -0.15) is 0 Å². The number of aryl methyl sites for hydroxylation is 1. The van der Waals surface area contributed by atoms with Crippen LogP contribution in [-0.2, 0) is 0 Å². The molecule has 0 spiro atoms. The van der Waals surface area contributed by atoms with Crippen LogP contribution in [0.15, 0.2) is 24.3 Å². The lowest BCUT2D eigenvalue weighted by molar-refractivity contribution is 0.0746. The van der Waals surface area contributed by atoms with Gasteiger partial charge in [-0.15, -0.1) is 0 Å². The Morgan fingerprint density at radius 3 is 2.13 bits per heavy atom. The highest BCUT2D eigenvalue weighted by molar-refractivity contribution is 6.32. The molecule has 2 aromatic rings. The number of phenols is 1. The number of aldehydes is 1. The number of anilines is 3. The molecular weight excluding hydrogens is 380 g/mol. The third-order valence-electron chi connectivity index (χ3n) is 6.06. The minimum atomic E-state index is -1.28. The van der Waals surface area contributed by atoms with Gasteiger partial charge in [0.25, 0.3) is 0 Å². The van der Waals surface area contributed by atoms with E-state index in [0.717, 1.165) is 30.0 Å². The van der Waals surface area contributed by atoms with Gasteiger partial charge < -0.3 is 14.9 Å². The molecule has 0 atom stereocenters. The summed E-state index contributed by atoms with van der Waals surface area (Å²) in [7, 11) is 1.80. The molecule has 1 aliphatic rings. The number of Topliss-reactive ketones (excluding diaryl/α,β-unsaturated/α-hetero) is 2. The summed E-state index contributed by atoms with van der Waals surface area (Å²) in [5.74, 6) is -1.24. The van der Waals surface area contributed by atoms with Gasteiger partial charge >= 0.3 is 0 Å². The number of aromatic hydroxyl groups is 1. The van der Waals surface area contributed by atoms with Crippen molar-refractivity contribution in [1.82, 2.24) is 0 Å². The maximum atomic E-state index is 13.1. The number of hydrogen-bond donors (Lipinski definition) is 1. The summed E-state index contributed by atoms with van der Waals surface area (Å²) in [6.45, 7) is 11.1. The van der Waals surface area contributed by atoms with Crippen LogP contribution in [0.1, 0.15) is 64.3 Å². The molecule has 30 heavy (non-hydrogen) atoms. The SMILES string of the molecule is CCN(CC)c1ccc(N(C)c2cc(C=O)c(O)c3c2C(=O)C(C)(C)C3=O)c(C)c1. The first-order chi connectivity index (χ1) is 14.1. The number of benzene rings is 2. The van der Waals surface area contributed by atoms with E-state index in [0.29, 0.717) is 12.0 Å². The molecule has 0 fully saturated rings. The maximum absolute atomic E-state index is 13.1. The average molecular weight is 408 g/mol. The number of carbonyl (C=O) groups excluding carboxylic acids is 3. The third kappa shape index (κ3) is 3.07. The molecule has 1 N–H and O–H groups in total. The first-order valence-electron chi connectivity index (χ1n) is 10.1. The Balaban J connectivity index is 2.19. The van der Waals surface area contributed by atoms with Gasteiger partial charge in [-0.25, -0.2) is 0 Å². The smallest absolute Gasteiger partial charge is 0.180 e. The van der Waals surface area contributed by atoms with E-state index in [4.69, 9.17) is 0 Å². The van der Waals surface area contributed by atoms with E-state index >= 15 is 0 Å². The zero-order valence-electron chi connectivity index (χ0n) is 18.4. The maximum Gasteiger partial charge on any atom is 0.180 e. The van der Waals surface area contributed by atoms with E-state index in [9.17, 15) is 19.5 Å². The molecule has 0 amide bonds. The summed E-state index contributed by atoms with van der Waals surface area (Å²) in [6, 6.07) is 7.54. The monoisotopic (exact) mass is 408 g/mol. The Labute approximate surface area is 177 Å². The predicted octanol–water partition coefficient (Wildman–Crippen LogP) is 4.53. The largest absolute Gasteiger partial charge is 0.506 e. The Kier molecular flexibility index (Phi) is 5.46. The van der Waals surface area contributed by atoms with Crippen LogP contribution in [0.3, 0.4) is 0 Å². The number of fused-ring (bicyclic) bond motifs is 1. The summed E-state index contributed by atoms with van der Waals surface area (Å²) in [6.07, 6.45) is 0.506. The number of hydrogen-bond acceptors (Lipinski definition) is 6. The fourth-order valence-corrected chi connectivity index (χ4v) is 4.14. The summed E-state index contributed by atoms with van der Waals surface area (Å²) in [4.78, 5) is 41.6.